The van der Waals surface area contributed by atoms with Crippen LogP contribution in [-0.2, 0) is 6.18 Å². The lowest BCUT2D eigenvalue weighted by Gasteiger charge is -2.09. The average molecular weight is 395 g/mol. The van der Waals surface area contributed by atoms with Crippen LogP contribution in [0, 0.1) is 0 Å². The second kappa shape index (κ2) is 5.91. The molecule has 0 saturated heterocycles. The summed E-state index contributed by atoms with van der Waals surface area (Å²) >= 11 is 17.6. The molecular weight excluding hydrogens is 390 g/mol. The van der Waals surface area contributed by atoms with E-state index in [1.165, 1.54) is 12.1 Å². The van der Waals surface area contributed by atoms with Crippen LogP contribution in [-0.4, -0.2) is 15.0 Å². The smallest absolute Gasteiger partial charge is 0.319 e. The number of pyridine rings is 1. The lowest BCUT2D eigenvalue weighted by Crippen LogP contribution is -2.13. The molecule has 0 bridgehead atoms. The maximum Gasteiger partial charge on any atom is 0.417 e. The zero-order chi connectivity index (χ0) is 17.6. The van der Waals surface area contributed by atoms with Crippen LogP contribution in [0.1, 0.15) is 5.56 Å². The van der Waals surface area contributed by atoms with Crippen molar-refractivity contribution in [3.63, 3.8) is 0 Å². The lowest BCUT2D eigenvalue weighted by molar-refractivity contribution is -0.137. The average Bonchev–Trinajstić information content (AvgIpc) is 2.48. The van der Waals surface area contributed by atoms with E-state index in [4.69, 9.17) is 34.8 Å². The van der Waals surface area contributed by atoms with Gasteiger partial charge in [0.25, 0.3) is 5.56 Å². The number of nitrogens with zero attached hydrogens (tertiary/aromatic N) is 2. The molecule has 0 amide bonds. The Morgan fingerprint density at radius 2 is 1.62 bits per heavy atom. The quantitative estimate of drug-likeness (QED) is 0.634. The summed E-state index contributed by atoms with van der Waals surface area (Å²) in [7, 11) is 0. The van der Waals surface area contributed by atoms with Gasteiger partial charge in [0, 0.05) is 6.20 Å². The summed E-state index contributed by atoms with van der Waals surface area (Å²) in [6, 6.07) is 3.51. The van der Waals surface area contributed by atoms with E-state index in [2.05, 4.69) is 15.0 Å². The number of alkyl halides is 3. The highest BCUT2D eigenvalue weighted by Gasteiger charge is 2.32. The van der Waals surface area contributed by atoms with E-state index < -0.39 is 17.3 Å². The maximum atomic E-state index is 12.7. The largest absolute Gasteiger partial charge is 0.417 e. The monoisotopic (exact) mass is 393 g/mol. The van der Waals surface area contributed by atoms with E-state index in [0.29, 0.717) is 17.8 Å². The first kappa shape index (κ1) is 17.0. The first-order chi connectivity index (χ1) is 11.2. The second-order valence-corrected chi connectivity index (χ2v) is 5.97. The lowest BCUT2D eigenvalue weighted by atomic mass is 10.2. The van der Waals surface area contributed by atoms with Gasteiger partial charge in [-0.25, -0.2) is 4.98 Å². The predicted octanol–water partition coefficient (Wildman–Crippen LogP) is 4.96. The molecule has 10 heteroatoms. The van der Waals surface area contributed by atoms with Crippen molar-refractivity contribution in [2.75, 3.05) is 0 Å². The van der Waals surface area contributed by atoms with Gasteiger partial charge in [0.2, 0.25) is 0 Å². The molecule has 3 rings (SSSR count). The van der Waals surface area contributed by atoms with Crippen LogP contribution in [0.25, 0.3) is 22.4 Å². The highest BCUT2D eigenvalue weighted by Crippen LogP contribution is 2.33. The molecule has 0 aliphatic carbocycles. The first-order valence-corrected chi connectivity index (χ1v) is 7.42. The van der Waals surface area contributed by atoms with Crippen molar-refractivity contribution in [2.45, 2.75) is 6.18 Å². The van der Waals surface area contributed by atoms with E-state index in [-0.39, 0.29) is 32.0 Å². The normalized spacial score (nSPS) is 11.9. The fourth-order valence-electron chi connectivity index (χ4n) is 2.01. The summed E-state index contributed by atoms with van der Waals surface area (Å²) in [6.07, 6.45) is -4.01. The van der Waals surface area contributed by atoms with Gasteiger partial charge in [0.05, 0.1) is 31.7 Å². The SMILES string of the molecule is O=c1[nH]c2cc(Cl)c(Cl)cc2nc1-c1ncc(C(F)(F)F)cc1Cl. The van der Waals surface area contributed by atoms with Gasteiger partial charge in [-0.1, -0.05) is 34.8 Å². The summed E-state index contributed by atoms with van der Waals surface area (Å²) in [5.41, 5.74) is -1.48. The Morgan fingerprint density at radius 1 is 0.958 bits per heavy atom. The molecule has 1 aromatic carbocycles. The van der Waals surface area contributed by atoms with Crippen molar-refractivity contribution in [2.24, 2.45) is 0 Å². The summed E-state index contributed by atoms with van der Waals surface area (Å²) in [5, 5.41) is 0.0865. The molecule has 124 valence electrons. The Morgan fingerprint density at radius 3 is 2.25 bits per heavy atom. The van der Waals surface area contributed by atoms with Gasteiger partial charge in [0.15, 0.2) is 5.69 Å². The van der Waals surface area contributed by atoms with Crippen LogP contribution < -0.4 is 5.56 Å². The molecule has 3 aromatic rings. The minimum absolute atomic E-state index is 0.168. The third-order valence-corrected chi connectivity index (χ3v) is 4.14. The maximum absolute atomic E-state index is 12.7. The molecule has 24 heavy (non-hydrogen) atoms. The molecule has 4 nitrogen and oxygen atoms in total. The Kier molecular flexibility index (Phi) is 4.19. The molecular formula is C14H5Cl3F3N3O. The number of nitrogens with one attached hydrogen (secondary N) is 1. The third kappa shape index (κ3) is 3.07. The van der Waals surface area contributed by atoms with Gasteiger partial charge >= 0.3 is 6.18 Å². The fraction of sp³-hybridized carbons (Fsp3) is 0.0714. The van der Waals surface area contributed by atoms with Crippen LogP contribution in [0.5, 0.6) is 0 Å². The van der Waals surface area contributed by atoms with Gasteiger partial charge in [-0.2, -0.15) is 13.2 Å². The number of aromatic amines is 1. The molecule has 0 saturated carbocycles. The number of H-pyrrole nitrogens is 1. The highest BCUT2D eigenvalue weighted by atomic mass is 35.5. The molecule has 1 N–H and O–H groups in total. The first-order valence-electron chi connectivity index (χ1n) is 6.29. The number of halogens is 6. The van der Waals surface area contributed by atoms with Crippen molar-refractivity contribution >= 4 is 45.8 Å². The number of hydrogen-bond donors (Lipinski definition) is 1. The van der Waals surface area contributed by atoms with Crippen LogP contribution in [0.4, 0.5) is 13.2 Å². The van der Waals surface area contributed by atoms with E-state index >= 15 is 0 Å². The Hall–Kier alpha value is -1.83. The standard InChI is InChI=1S/C14H5Cl3F3N3O/c15-6-2-9-10(3-7(6)16)23-13(24)12(22-9)11-8(17)1-5(4-21-11)14(18,19)20/h1-4H,(H,23,24). The molecule has 2 aromatic heterocycles. The minimum Gasteiger partial charge on any atom is -0.319 e. The Bertz CT molecular complexity index is 1020. The van der Waals surface area contributed by atoms with Crippen molar-refractivity contribution in [3.05, 3.63) is 55.4 Å². The van der Waals surface area contributed by atoms with Crippen molar-refractivity contribution in [1.29, 1.82) is 0 Å². The molecule has 0 aliphatic heterocycles. The number of aromatic nitrogens is 3. The van der Waals surface area contributed by atoms with E-state index in [1.54, 1.807) is 0 Å². The predicted molar refractivity (Wildman–Crippen MR) is 85.6 cm³/mol. The van der Waals surface area contributed by atoms with Crippen molar-refractivity contribution < 1.29 is 13.2 Å². The number of fused-ring (bicyclic) bond motifs is 1. The Labute approximate surface area is 147 Å². The summed E-state index contributed by atoms with van der Waals surface area (Å²) in [5.74, 6) is 0. The topological polar surface area (TPSA) is 58.6 Å². The molecule has 0 aliphatic rings. The van der Waals surface area contributed by atoms with Crippen molar-refractivity contribution in [3.8, 4) is 11.4 Å². The molecule has 2 heterocycles. The van der Waals surface area contributed by atoms with Gasteiger partial charge in [-0.15, -0.1) is 0 Å². The number of benzene rings is 1. The minimum atomic E-state index is -4.59. The fourth-order valence-corrected chi connectivity index (χ4v) is 2.59. The number of rotatable bonds is 1. The van der Waals surface area contributed by atoms with Gasteiger partial charge in [0.1, 0.15) is 5.69 Å². The van der Waals surface area contributed by atoms with Gasteiger partial charge in [-0.3, -0.25) is 9.78 Å². The Balaban J connectivity index is 2.21. The van der Waals surface area contributed by atoms with E-state index in [1.807, 2.05) is 0 Å². The molecule has 0 atom stereocenters. The molecule has 0 fully saturated rings. The van der Waals surface area contributed by atoms with E-state index in [9.17, 15) is 18.0 Å². The van der Waals surface area contributed by atoms with Gasteiger partial charge < -0.3 is 4.98 Å². The zero-order valence-corrected chi connectivity index (χ0v) is 13.6. The van der Waals surface area contributed by atoms with Crippen LogP contribution in [0.15, 0.2) is 29.2 Å². The third-order valence-electron chi connectivity index (χ3n) is 3.13. The van der Waals surface area contributed by atoms with E-state index in [0.717, 1.165) is 0 Å². The highest BCUT2D eigenvalue weighted by molar-refractivity contribution is 6.42. The summed E-state index contributed by atoms with van der Waals surface area (Å²) < 4.78 is 38.0. The second-order valence-electron chi connectivity index (χ2n) is 4.75. The molecule has 0 unspecified atom stereocenters. The van der Waals surface area contributed by atoms with Crippen LogP contribution in [0.3, 0.4) is 0 Å². The van der Waals surface area contributed by atoms with Crippen molar-refractivity contribution in [1.82, 2.24) is 15.0 Å². The summed E-state index contributed by atoms with van der Waals surface area (Å²) in [4.78, 5) is 22.4. The van der Waals surface area contributed by atoms with Crippen LogP contribution in [0.2, 0.25) is 15.1 Å². The molecule has 0 spiro atoms. The zero-order valence-electron chi connectivity index (χ0n) is 11.4. The van der Waals surface area contributed by atoms with Crippen LogP contribution >= 0.6 is 34.8 Å². The summed E-state index contributed by atoms with van der Waals surface area (Å²) in [6.45, 7) is 0. The number of hydrogen-bond acceptors (Lipinski definition) is 3. The molecule has 0 radical (unpaired) electrons. The van der Waals surface area contributed by atoms with Gasteiger partial charge in [-0.05, 0) is 18.2 Å².